The summed E-state index contributed by atoms with van der Waals surface area (Å²) in [6.07, 6.45) is 0. The predicted molar refractivity (Wildman–Crippen MR) is 87.4 cm³/mol. The van der Waals surface area contributed by atoms with Crippen LogP contribution in [-0.2, 0) is 10.5 Å². The molecule has 0 fully saturated rings. The highest BCUT2D eigenvalue weighted by Gasteiger charge is 2.11. The third kappa shape index (κ3) is 4.03. The van der Waals surface area contributed by atoms with E-state index in [0.717, 1.165) is 14.3 Å². The number of ether oxygens (including phenoxy) is 1. The van der Waals surface area contributed by atoms with Crippen molar-refractivity contribution in [1.82, 2.24) is 20.3 Å². The Morgan fingerprint density at radius 2 is 2.36 bits per heavy atom. The van der Waals surface area contributed by atoms with Gasteiger partial charge in [-0.3, -0.25) is 0 Å². The molecule has 0 amide bonds. The summed E-state index contributed by atoms with van der Waals surface area (Å²) in [6, 6.07) is 3.91. The highest BCUT2D eigenvalue weighted by atomic mass is 32.2. The number of nitrogens with one attached hydrogen (secondary N) is 1. The molecule has 3 heterocycles. The number of aromatic nitrogens is 4. The molecule has 0 aromatic carbocycles. The van der Waals surface area contributed by atoms with Crippen LogP contribution in [0.3, 0.4) is 0 Å². The van der Waals surface area contributed by atoms with Crippen LogP contribution in [0, 0.1) is 0 Å². The summed E-state index contributed by atoms with van der Waals surface area (Å²) in [5, 5.41) is 18.1. The lowest BCUT2D eigenvalue weighted by atomic mass is 10.5. The molecular formula is C12H13N5O2S3. The second-order valence-corrected chi connectivity index (χ2v) is 7.22. The number of nitrogens with zero attached hydrogens (tertiary/aromatic N) is 4. The lowest BCUT2D eigenvalue weighted by molar-refractivity contribution is 0.211. The van der Waals surface area contributed by atoms with Gasteiger partial charge in [0.2, 0.25) is 5.13 Å². The van der Waals surface area contributed by atoms with Crippen molar-refractivity contribution in [3.8, 4) is 10.8 Å². The van der Waals surface area contributed by atoms with Gasteiger partial charge in [-0.2, -0.15) is 4.98 Å². The van der Waals surface area contributed by atoms with Gasteiger partial charge in [0.05, 0.1) is 17.2 Å². The fraction of sp³-hybridized carbons (Fsp3) is 0.333. The Morgan fingerprint density at radius 1 is 1.41 bits per heavy atom. The molecule has 0 saturated carbocycles. The highest BCUT2D eigenvalue weighted by molar-refractivity contribution is 8.00. The monoisotopic (exact) mass is 355 g/mol. The van der Waals surface area contributed by atoms with Crippen LogP contribution in [-0.4, -0.2) is 40.6 Å². The zero-order valence-corrected chi connectivity index (χ0v) is 14.1. The minimum Gasteiger partial charge on any atom is -0.383 e. The van der Waals surface area contributed by atoms with E-state index in [0.29, 0.717) is 30.6 Å². The zero-order chi connectivity index (χ0) is 15.2. The van der Waals surface area contributed by atoms with Crippen molar-refractivity contribution in [3.05, 3.63) is 23.3 Å². The quantitative estimate of drug-likeness (QED) is 0.487. The summed E-state index contributed by atoms with van der Waals surface area (Å²) in [7, 11) is 1.67. The first-order valence-electron chi connectivity index (χ1n) is 6.40. The SMILES string of the molecule is COCCNc1nnc(SCc2noc(-c3cccs3)n2)s1. The molecule has 3 aromatic heterocycles. The fourth-order valence-corrected chi connectivity index (χ4v) is 3.80. The van der Waals surface area contributed by atoms with Crippen molar-refractivity contribution in [2.75, 3.05) is 25.6 Å². The topological polar surface area (TPSA) is 86.0 Å². The van der Waals surface area contributed by atoms with Crippen LogP contribution in [0.15, 0.2) is 26.4 Å². The summed E-state index contributed by atoms with van der Waals surface area (Å²) < 4.78 is 11.1. The summed E-state index contributed by atoms with van der Waals surface area (Å²) in [5.74, 6) is 1.81. The number of rotatable bonds is 8. The molecule has 22 heavy (non-hydrogen) atoms. The molecule has 3 rings (SSSR count). The maximum atomic E-state index is 5.25. The van der Waals surface area contributed by atoms with Gasteiger partial charge < -0.3 is 14.6 Å². The Morgan fingerprint density at radius 3 is 3.18 bits per heavy atom. The van der Waals surface area contributed by atoms with E-state index in [9.17, 15) is 0 Å². The minimum absolute atomic E-state index is 0.560. The van der Waals surface area contributed by atoms with E-state index in [2.05, 4.69) is 25.7 Å². The molecule has 0 aliphatic carbocycles. The van der Waals surface area contributed by atoms with Crippen molar-refractivity contribution in [2.45, 2.75) is 10.1 Å². The van der Waals surface area contributed by atoms with Crippen LogP contribution in [0.1, 0.15) is 5.82 Å². The maximum Gasteiger partial charge on any atom is 0.268 e. The fourth-order valence-electron chi connectivity index (χ4n) is 1.54. The van der Waals surface area contributed by atoms with Gasteiger partial charge in [0.25, 0.3) is 5.89 Å². The molecule has 0 aliphatic rings. The van der Waals surface area contributed by atoms with E-state index in [-0.39, 0.29) is 0 Å². The first-order chi connectivity index (χ1) is 10.8. The van der Waals surface area contributed by atoms with E-state index in [1.54, 1.807) is 18.4 Å². The summed E-state index contributed by atoms with van der Waals surface area (Å²) in [5.41, 5.74) is 0. The Labute approximate surface area is 139 Å². The number of hydrogen-bond acceptors (Lipinski definition) is 10. The summed E-state index contributed by atoms with van der Waals surface area (Å²) in [4.78, 5) is 5.35. The molecule has 10 heteroatoms. The number of thioether (sulfide) groups is 1. The highest BCUT2D eigenvalue weighted by Crippen LogP contribution is 2.28. The van der Waals surface area contributed by atoms with Gasteiger partial charge in [-0.25, -0.2) is 0 Å². The molecule has 0 unspecified atom stereocenters. The second-order valence-electron chi connectivity index (χ2n) is 4.07. The smallest absolute Gasteiger partial charge is 0.268 e. The van der Waals surface area contributed by atoms with Crippen molar-refractivity contribution in [3.63, 3.8) is 0 Å². The normalized spacial score (nSPS) is 11.0. The van der Waals surface area contributed by atoms with E-state index in [1.807, 2.05) is 17.5 Å². The van der Waals surface area contributed by atoms with E-state index >= 15 is 0 Å². The van der Waals surface area contributed by atoms with E-state index < -0.39 is 0 Å². The Bertz CT molecular complexity index is 697. The van der Waals surface area contributed by atoms with Gasteiger partial charge in [-0.15, -0.1) is 21.5 Å². The summed E-state index contributed by atoms with van der Waals surface area (Å²) >= 11 is 4.61. The van der Waals surface area contributed by atoms with Crippen molar-refractivity contribution in [2.24, 2.45) is 0 Å². The standard InChI is InChI=1S/C12H13N5O2S3/c1-18-5-4-13-11-15-16-12(22-11)21-7-9-14-10(19-17-9)8-3-2-6-20-8/h2-3,6H,4-5,7H2,1H3,(H,13,15). The third-order valence-electron chi connectivity index (χ3n) is 2.51. The lowest BCUT2D eigenvalue weighted by Gasteiger charge is -1.98. The Hall–Kier alpha value is -1.49. The molecular weight excluding hydrogens is 342 g/mol. The maximum absolute atomic E-state index is 5.25. The molecule has 1 N–H and O–H groups in total. The van der Waals surface area contributed by atoms with Gasteiger partial charge in [0.1, 0.15) is 0 Å². The Kier molecular flexibility index (Phi) is 5.38. The molecule has 0 spiro atoms. The van der Waals surface area contributed by atoms with Gasteiger partial charge in [-0.05, 0) is 11.4 Å². The molecule has 3 aromatic rings. The second kappa shape index (κ2) is 7.68. The van der Waals surface area contributed by atoms with Crippen molar-refractivity contribution < 1.29 is 9.26 Å². The first kappa shape index (κ1) is 15.4. The van der Waals surface area contributed by atoms with Gasteiger partial charge in [0, 0.05) is 13.7 Å². The lowest BCUT2D eigenvalue weighted by Crippen LogP contribution is -2.06. The van der Waals surface area contributed by atoms with E-state index in [1.165, 1.54) is 23.1 Å². The number of thiophene rings is 1. The molecule has 0 aliphatic heterocycles. The van der Waals surface area contributed by atoms with E-state index in [4.69, 9.17) is 9.26 Å². The molecule has 7 nitrogen and oxygen atoms in total. The first-order valence-corrected chi connectivity index (χ1v) is 9.09. The largest absolute Gasteiger partial charge is 0.383 e. The van der Waals surface area contributed by atoms with Crippen LogP contribution < -0.4 is 5.32 Å². The summed E-state index contributed by atoms with van der Waals surface area (Å²) in [6.45, 7) is 1.35. The predicted octanol–water partition coefficient (Wildman–Crippen LogP) is 3.00. The average molecular weight is 355 g/mol. The molecule has 116 valence electrons. The van der Waals surface area contributed by atoms with Crippen LogP contribution in [0.5, 0.6) is 0 Å². The van der Waals surface area contributed by atoms with Crippen LogP contribution in [0.2, 0.25) is 0 Å². The van der Waals surface area contributed by atoms with Gasteiger partial charge >= 0.3 is 0 Å². The van der Waals surface area contributed by atoms with Crippen LogP contribution in [0.25, 0.3) is 10.8 Å². The molecule has 0 saturated heterocycles. The van der Waals surface area contributed by atoms with Crippen LogP contribution >= 0.6 is 34.4 Å². The minimum atomic E-state index is 0.560. The van der Waals surface area contributed by atoms with Crippen molar-refractivity contribution in [1.29, 1.82) is 0 Å². The van der Waals surface area contributed by atoms with Crippen LogP contribution in [0.4, 0.5) is 5.13 Å². The zero-order valence-electron chi connectivity index (χ0n) is 11.7. The van der Waals surface area contributed by atoms with Gasteiger partial charge in [0.15, 0.2) is 10.2 Å². The third-order valence-corrected chi connectivity index (χ3v) is 5.38. The Balaban J connectivity index is 1.52. The van der Waals surface area contributed by atoms with Crippen molar-refractivity contribution >= 4 is 39.6 Å². The molecule has 0 atom stereocenters. The molecule has 0 radical (unpaired) electrons. The van der Waals surface area contributed by atoms with Gasteiger partial charge in [-0.1, -0.05) is 34.3 Å². The number of methoxy groups -OCH3 is 1. The molecule has 0 bridgehead atoms. The number of anilines is 1. The average Bonchev–Trinajstić information content (AvgIpc) is 3.26. The number of hydrogen-bond donors (Lipinski definition) is 1.